The first-order valence-electron chi connectivity index (χ1n) is 14.7. The summed E-state index contributed by atoms with van der Waals surface area (Å²) in [5.41, 5.74) is -0.942. The van der Waals surface area contributed by atoms with Crippen LogP contribution in [0.15, 0.2) is 12.1 Å². The van der Waals surface area contributed by atoms with Crippen molar-refractivity contribution in [1.29, 1.82) is 0 Å². The highest BCUT2D eigenvalue weighted by Gasteiger charge is 2.38. The second kappa shape index (κ2) is 6.70. The maximum absolute atomic E-state index is 11.0. The molecule has 0 aliphatic carbocycles. The average Bonchev–Trinajstić information content (AvgIpc) is 2.72. The van der Waals surface area contributed by atoms with Crippen molar-refractivity contribution in [2.45, 2.75) is 45.1 Å². The minimum absolute atomic E-state index is 0.335. The fraction of sp³-hybridized carbons (Fsp3) is 0.684. The lowest BCUT2D eigenvalue weighted by molar-refractivity contribution is -0.0191. The van der Waals surface area contributed by atoms with Crippen molar-refractivity contribution in [3.63, 3.8) is 0 Å². The third-order valence-electron chi connectivity index (χ3n) is 4.03. The zero-order valence-corrected chi connectivity index (χ0v) is 12.9. The van der Waals surface area contributed by atoms with Crippen molar-refractivity contribution in [3.8, 4) is 11.5 Å². The van der Waals surface area contributed by atoms with Gasteiger partial charge in [-0.15, -0.1) is 0 Å². The molecule has 1 aromatic carbocycles. The van der Waals surface area contributed by atoms with E-state index in [9.17, 15) is 5.11 Å². The summed E-state index contributed by atoms with van der Waals surface area (Å²) >= 11 is 0. The van der Waals surface area contributed by atoms with Gasteiger partial charge in [0.15, 0.2) is 11.5 Å². The summed E-state index contributed by atoms with van der Waals surface area (Å²) in [5.74, 6) is -5.69. The van der Waals surface area contributed by atoms with Crippen LogP contribution in [0.5, 0.6) is 11.5 Å². The number of hydrogen-bond donors (Lipinski definition) is 1. The molecule has 2 heterocycles. The number of fused-ring (bicyclic) bond motifs is 3. The summed E-state index contributed by atoms with van der Waals surface area (Å²) in [6, 6.07) is -2.81. The number of nitrogens with zero attached hydrogens (tertiary/aromatic N) is 1. The molecule has 1 aromatic rings. The van der Waals surface area contributed by atoms with Gasteiger partial charge < -0.3 is 14.6 Å². The van der Waals surface area contributed by atoms with E-state index in [0.717, 1.165) is 18.9 Å². The summed E-state index contributed by atoms with van der Waals surface area (Å²) in [6.45, 7) is -6.00. The molecule has 0 aromatic heterocycles. The number of rotatable bonds is 4. The Bertz CT molecular complexity index is 1100. The molecule has 23 heavy (non-hydrogen) atoms. The number of aliphatic hydroxyl groups excluding tert-OH is 1. The predicted molar refractivity (Wildman–Crippen MR) is 91.1 cm³/mol. The first-order valence-corrected chi connectivity index (χ1v) is 7.21. The fourth-order valence-electron chi connectivity index (χ4n) is 2.97. The van der Waals surface area contributed by atoms with E-state index in [-0.39, 0.29) is 5.56 Å². The molecule has 2 aliphatic heterocycles. The van der Waals surface area contributed by atoms with E-state index in [0.29, 0.717) is 0 Å². The monoisotopic (exact) mass is 334 g/mol. The van der Waals surface area contributed by atoms with E-state index in [4.69, 9.17) is 30.0 Å². The molecule has 1 fully saturated rings. The molecular formula is C19H29NO3. The van der Waals surface area contributed by atoms with Crippen molar-refractivity contribution in [2.24, 2.45) is 11.8 Å². The zero-order valence-electron chi connectivity index (χ0n) is 27.9. The molecule has 0 saturated carbocycles. The van der Waals surface area contributed by atoms with Crippen molar-refractivity contribution in [2.75, 3.05) is 27.2 Å². The number of ether oxygens (including phenoxy) is 2. The van der Waals surface area contributed by atoms with E-state index in [1.807, 2.05) is 0 Å². The van der Waals surface area contributed by atoms with Gasteiger partial charge in [0, 0.05) is 32.8 Å². The number of methoxy groups -OCH3 is 2. The Morgan fingerprint density at radius 1 is 1.57 bits per heavy atom. The first-order chi connectivity index (χ1) is 16.9. The first kappa shape index (κ1) is 6.23. The van der Waals surface area contributed by atoms with E-state index in [1.165, 1.54) is 0 Å². The van der Waals surface area contributed by atoms with Crippen LogP contribution in [-0.2, 0) is 6.37 Å². The van der Waals surface area contributed by atoms with Gasteiger partial charge in [0.1, 0.15) is 0 Å². The number of aliphatic hydroxyl groups is 1. The molecule has 3 rings (SSSR count). The van der Waals surface area contributed by atoms with Crippen molar-refractivity contribution in [3.05, 3.63) is 23.2 Å². The highest BCUT2D eigenvalue weighted by atomic mass is 16.5. The van der Waals surface area contributed by atoms with Crippen LogP contribution < -0.4 is 9.47 Å². The second-order valence-corrected chi connectivity index (χ2v) is 5.59. The van der Waals surface area contributed by atoms with Crippen molar-refractivity contribution < 1.29 is 35.1 Å². The Balaban J connectivity index is 2.28. The molecule has 0 spiro atoms. The summed E-state index contributed by atoms with van der Waals surface area (Å²) in [7, 11) is -2.04. The van der Waals surface area contributed by atoms with Gasteiger partial charge in [-0.2, -0.15) is 0 Å². The SMILES string of the molecule is [2H]c1c(OC([2H])([2H])[2H])c(OC)c([2H])c2c1C1CC(O)C(C([2H])([2H])C([2H])(C)C([2H])([2H])[2H])CN1C([2H])([2H])C2([2H])[2H]. The standard InChI is InChI=1S/C19H29NO3/c1-12(2)7-14-11-20-6-5-13-8-18(22-3)19(23-4)9-15(13)16(20)10-17(14)21/h8-9,12,14,16-17,21H,5-7,10-11H2,1-4H3/i1D3,4D3,5D2,6D2,7D2,8D,9D,12D. The van der Waals surface area contributed by atoms with Crippen LogP contribution in [0.2, 0.25) is 0 Å². The normalized spacial score (nSPS) is 45.7. The Morgan fingerprint density at radius 3 is 3.13 bits per heavy atom. The molecule has 128 valence electrons. The summed E-state index contributed by atoms with van der Waals surface area (Å²) in [4.78, 5) is 0.837. The smallest absolute Gasteiger partial charge is 0.161 e. The lowest BCUT2D eigenvalue weighted by Gasteiger charge is -2.46. The van der Waals surface area contributed by atoms with Gasteiger partial charge in [0.2, 0.25) is 0 Å². The predicted octanol–water partition coefficient (Wildman–Crippen LogP) is 3.03. The lowest BCUT2D eigenvalue weighted by Crippen LogP contribution is -2.48. The van der Waals surface area contributed by atoms with Gasteiger partial charge in [0.25, 0.3) is 0 Å². The molecule has 2 aliphatic rings. The molecule has 4 atom stereocenters. The van der Waals surface area contributed by atoms with Gasteiger partial charge in [-0.05, 0) is 54.2 Å². The van der Waals surface area contributed by atoms with E-state index >= 15 is 0 Å². The Labute approximate surface area is 160 Å². The lowest BCUT2D eigenvalue weighted by atomic mass is 9.79. The molecule has 0 amide bonds. The Kier molecular flexibility index (Phi) is 1.81. The van der Waals surface area contributed by atoms with Crippen LogP contribution >= 0.6 is 0 Å². The highest BCUT2D eigenvalue weighted by molar-refractivity contribution is 5.49. The van der Waals surface area contributed by atoms with Gasteiger partial charge in [0.05, 0.1) is 27.1 Å². The maximum Gasteiger partial charge on any atom is 0.161 e. The summed E-state index contributed by atoms with van der Waals surface area (Å²) < 4.78 is 132. The summed E-state index contributed by atoms with van der Waals surface area (Å²) in [5, 5.41) is 11.0. The Morgan fingerprint density at radius 2 is 2.39 bits per heavy atom. The average molecular weight is 335 g/mol. The molecular weight excluding hydrogens is 290 g/mol. The van der Waals surface area contributed by atoms with Crippen LogP contribution in [0.1, 0.15) is 64.3 Å². The quantitative estimate of drug-likeness (QED) is 0.919. The van der Waals surface area contributed by atoms with Crippen LogP contribution in [0.4, 0.5) is 0 Å². The van der Waals surface area contributed by atoms with Gasteiger partial charge in [-0.25, -0.2) is 0 Å². The molecule has 4 nitrogen and oxygen atoms in total. The highest BCUT2D eigenvalue weighted by Crippen LogP contribution is 2.43. The second-order valence-electron chi connectivity index (χ2n) is 5.59. The number of benzene rings is 1. The van der Waals surface area contributed by atoms with E-state index < -0.39 is 99.2 Å². The minimum atomic E-state index is -3.12. The molecule has 1 saturated heterocycles. The largest absolute Gasteiger partial charge is 0.493 e. The fourth-order valence-corrected chi connectivity index (χ4v) is 2.97. The zero-order chi connectivity index (χ0) is 29.6. The van der Waals surface area contributed by atoms with Gasteiger partial charge in [-0.3, -0.25) is 4.90 Å². The number of hydrogen-bond acceptors (Lipinski definition) is 4. The van der Waals surface area contributed by atoms with Gasteiger partial charge in [-0.1, -0.05) is 13.8 Å². The number of piperidine rings is 1. The molecule has 1 N–H and O–H groups in total. The van der Waals surface area contributed by atoms with E-state index in [1.54, 1.807) is 0 Å². The van der Waals surface area contributed by atoms with Crippen LogP contribution in [0.3, 0.4) is 0 Å². The van der Waals surface area contributed by atoms with Crippen molar-refractivity contribution in [1.82, 2.24) is 4.90 Å². The molecule has 0 radical (unpaired) electrons. The molecule has 4 heteroatoms. The van der Waals surface area contributed by atoms with Crippen LogP contribution in [0.25, 0.3) is 0 Å². The minimum Gasteiger partial charge on any atom is -0.493 e. The topological polar surface area (TPSA) is 41.9 Å². The van der Waals surface area contributed by atoms with Crippen LogP contribution in [0, 0.1) is 11.8 Å². The summed E-state index contributed by atoms with van der Waals surface area (Å²) in [6.07, 6.45) is -8.15. The molecule has 0 bridgehead atoms. The van der Waals surface area contributed by atoms with E-state index in [2.05, 4.69) is 0 Å². The molecule has 4 unspecified atom stereocenters. The van der Waals surface area contributed by atoms with Crippen molar-refractivity contribution >= 4 is 0 Å². The third kappa shape index (κ3) is 3.20. The van der Waals surface area contributed by atoms with Crippen LogP contribution in [-0.4, -0.2) is 43.3 Å². The van der Waals surface area contributed by atoms with Gasteiger partial charge >= 0.3 is 0 Å². The Hall–Kier alpha value is -1.26. The maximum atomic E-state index is 11.0. The third-order valence-corrected chi connectivity index (χ3v) is 4.03.